The van der Waals surface area contributed by atoms with E-state index in [-0.39, 0.29) is 28.7 Å². The van der Waals surface area contributed by atoms with Crippen molar-refractivity contribution in [3.63, 3.8) is 0 Å². The largest absolute Gasteiger partial charge is 0.459 e. The summed E-state index contributed by atoms with van der Waals surface area (Å²) in [7, 11) is 1.63. The first kappa shape index (κ1) is 37.1. The monoisotopic (exact) mass is 711 g/mol. The van der Waals surface area contributed by atoms with Crippen LogP contribution in [0.3, 0.4) is 0 Å². The number of amides is 4. The van der Waals surface area contributed by atoms with Crippen LogP contribution in [-0.4, -0.2) is 103 Å². The fourth-order valence-corrected chi connectivity index (χ4v) is 5.98. The summed E-state index contributed by atoms with van der Waals surface area (Å²) in [6.45, 7) is 6.42. The number of thiocarbonyl (C=S) groups is 1. The first-order valence-corrected chi connectivity index (χ1v) is 17.1. The van der Waals surface area contributed by atoms with Crippen LogP contribution < -0.4 is 15.5 Å². The zero-order valence-electron chi connectivity index (χ0n) is 28.6. The van der Waals surface area contributed by atoms with Crippen molar-refractivity contribution in [1.82, 2.24) is 15.1 Å². The molecule has 1 unspecified atom stereocenters. The summed E-state index contributed by atoms with van der Waals surface area (Å²) < 4.78 is 10.6. The molecule has 266 valence electrons. The molecule has 2 aliphatic heterocycles. The Kier molecular flexibility index (Phi) is 12.9. The lowest BCUT2D eigenvalue weighted by Gasteiger charge is -2.34. The molecule has 4 amide bonds. The maximum atomic E-state index is 13.5. The Hall–Kier alpha value is -5.13. The summed E-state index contributed by atoms with van der Waals surface area (Å²) >= 11 is 5.60. The third kappa shape index (κ3) is 9.77. The van der Waals surface area contributed by atoms with Gasteiger partial charge in [0.25, 0.3) is 11.8 Å². The Morgan fingerprint density at radius 1 is 1.10 bits per heavy atom. The second kappa shape index (κ2) is 17.7. The average molecular weight is 712 g/mol. The number of ether oxygens (including phenoxy) is 1. The summed E-state index contributed by atoms with van der Waals surface area (Å²) in [5, 5.41) is 14.2. The molecule has 3 aromatic rings. The summed E-state index contributed by atoms with van der Waals surface area (Å²) in [4.78, 5) is 57.4. The lowest BCUT2D eigenvalue weighted by Crippen LogP contribution is -2.49. The number of carbonyl (C=O) groups excluding carboxylic acids is 4. The van der Waals surface area contributed by atoms with E-state index in [9.17, 15) is 19.2 Å². The molecule has 51 heavy (non-hydrogen) atoms. The van der Waals surface area contributed by atoms with Gasteiger partial charge in [0.15, 0.2) is 5.76 Å². The lowest BCUT2D eigenvalue weighted by atomic mass is 9.94. The second-order valence-electron chi connectivity index (χ2n) is 12.2. The van der Waals surface area contributed by atoms with E-state index in [4.69, 9.17) is 26.5 Å². The van der Waals surface area contributed by atoms with Crippen molar-refractivity contribution in [1.29, 1.82) is 0 Å². The van der Waals surface area contributed by atoms with Gasteiger partial charge in [0.1, 0.15) is 5.92 Å². The molecule has 1 fully saturated rings. The Balaban J connectivity index is 1.13. The SMILES string of the molecule is Cc1ccoc1C(=O)Nc1cccc(C#CC2C(=O)NC=C(C(=O)N(C)c3ccc(CCC(=O)N4CCN(CCOCCO)CC4)cc3)C2=S)c1. The molecule has 1 aromatic heterocycles. The van der Waals surface area contributed by atoms with E-state index in [0.717, 1.165) is 25.2 Å². The van der Waals surface area contributed by atoms with Gasteiger partial charge in [-0.2, -0.15) is 0 Å². The highest BCUT2D eigenvalue weighted by Gasteiger charge is 2.32. The molecule has 1 saturated heterocycles. The number of aliphatic hydroxyl groups is 1. The van der Waals surface area contributed by atoms with Gasteiger partial charge < -0.3 is 34.7 Å². The number of aliphatic hydroxyl groups excluding tert-OH is 1. The van der Waals surface area contributed by atoms with Gasteiger partial charge >= 0.3 is 0 Å². The molecule has 0 bridgehead atoms. The molecule has 13 heteroatoms. The minimum absolute atomic E-state index is 0.0159. The third-order valence-electron chi connectivity index (χ3n) is 8.70. The van der Waals surface area contributed by atoms with Gasteiger partial charge in [0, 0.05) is 74.9 Å². The Labute approximate surface area is 302 Å². The van der Waals surface area contributed by atoms with Crippen LogP contribution in [0, 0.1) is 24.7 Å². The number of furan rings is 1. The summed E-state index contributed by atoms with van der Waals surface area (Å²) in [5.74, 6) is 3.91. The van der Waals surface area contributed by atoms with Crippen LogP contribution >= 0.6 is 12.2 Å². The molecular formula is C38H41N5O7S. The van der Waals surface area contributed by atoms with Crippen molar-refractivity contribution in [3.05, 3.63) is 95.1 Å². The first-order chi connectivity index (χ1) is 24.6. The maximum Gasteiger partial charge on any atom is 0.291 e. The summed E-state index contributed by atoms with van der Waals surface area (Å²) in [6, 6.07) is 16.0. The quantitative estimate of drug-likeness (QED) is 0.147. The van der Waals surface area contributed by atoms with Crippen LogP contribution in [-0.2, 0) is 25.5 Å². The predicted molar refractivity (Wildman–Crippen MR) is 196 cm³/mol. The topological polar surface area (TPSA) is 145 Å². The fourth-order valence-electron chi connectivity index (χ4n) is 5.67. The van der Waals surface area contributed by atoms with Gasteiger partial charge in [-0.05, 0) is 55.3 Å². The van der Waals surface area contributed by atoms with E-state index in [0.29, 0.717) is 61.6 Å². The van der Waals surface area contributed by atoms with E-state index in [1.807, 2.05) is 29.2 Å². The molecular weight excluding hydrogens is 671 g/mol. The Bertz CT molecular complexity index is 1850. The number of rotatable bonds is 12. The first-order valence-electron chi connectivity index (χ1n) is 16.7. The van der Waals surface area contributed by atoms with Crippen LogP contribution in [0.5, 0.6) is 0 Å². The third-order valence-corrected chi connectivity index (χ3v) is 9.15. The van der Waals surface area contributed by atoms with Gasteiger partial charge in [-0.25, -0.2) is 0 Å². The van der Waals surface area contributed by atoms with Gasteiger partial charge in [-0.15, -0.1) is 0 Å². The van der Waals surface area contributed by atoms with Gasteiger partial charge in [-0.3, -0.25) is 24.1 Å². The molecule has 2 aliphatic rings. The molecule has 5 rings (SSSR count). The van der Waals surface area contributed by atoms with Crippen molar-refractivity contribution in [2.75, 3.05) is 69.8 Å². The second-order valence-corrected chi connectivity index (χ2v) is 12.6. The van der Waals surface area contributed by atoms with Crippen molar-refractivity contribution in [2.24, 2.45) is 5.92 Å². The standard InChI is InChI=1S/C38H41N5O7S/c1-26-14-21-50-34(26)37(47)40-29-5-3-4-28(24-29)8-12-31-35(51)32(25-39-36(31)46)38(48)41(2)30-10-6-27(7-11-30)9-13-33(45)43-17-15-42(16-18-43)19-22-49-23-20-44/h3-7,10-11,14,21,24-25,31,44H,9,13,15-20,22-23H2,1-2H3,(H,39,46)(H,40,47). The summed E-state index contributed by atoms with van der Waals surface area (Å²) in [6.07, 6.45) is 3.73. The van der Waals surface area contributed by atoms with Crippen molar-refractivity contribution < 1.29 is 33.4 Å². The number of nitrogens with one attached hydrogen (secondary N) is 2. The average Bonchev–Trinajstić information content (AvgIpc) is 3.58. The van der Waals surface area contributed by atoms with Crippen LogP contribution in [0.4, 0.5) is 11.4 Å². The van der Waals surface area contributed by atoms with E-state index in [1.54, 1.807) is 44.3 Å². The number of likely N-dealkylation sites (N-methyl/N-ethyl adjacent to an activating group) is 1. The molecule has 0 aliphatic carbocycles. The van der Waals surface area contributed by atoms with Crippen LogP contribution in [0.2, 0.25) is 0 Å². The smallest absolute Gasteiger partial charge is 0.291 e. The Morgan fingerprint density at radius 2 is 1.86 bits per heavy atom. The maximum absolute atomic E-state index is 13.5. The molecule has 12 nitrogen and oxygen atoms in total. The van der Waals surface area contributed by atoms with Crippen molar-refractivity contribution in [2.45, 2.75) is 19.8 Å². The number of hydrogen-bond acceptors (Lipinski definition) is 9. The van der Waals surface area contributed by atoms with Crippen LogP contribution in [0.25, 0.3) is 0 Å². The molecule has 2 aromatic carbocycles. The number of piperazine rings is 1. The number of nitrogens with zero attached hydrogens (tertiary/aromatic N) is 3. The molecule has 0 radical (unpaired) electrons. The highest BCUT2D eigenvalue weighted by Crippen LogP contribution is 2.22. The lowest BCUT2D eigenvalue weighted by molar-refractivity contribution is -0.133. The van der Waals surface area contributed by atoms with E-state index in [2.05, 4.69) is 27.4 Å². The zero-order chi connectivity index (χ0) is 36.3. The molecule has 3 N–H and O–H groups in total. The molecule has 0 saturated carbocycles. The number of hydrogen-bond donors (Lipinski definition) is 3. The highest BCUT2D eigenvalue weighted by atomic mass is 32.1. The minimum Gasteiger partial charge on any atom is -0.459 e. The zero-order valence-corrected chi connectivity index (χ0v) is 29.5. The molecule has 0 spiro atoms. The number of benzene rings is 2. The van der Waals surface area contributed by atoms with Crippen LogP contribution in [0.1, 0.15) is 33.7 Å². The predicted octanol–water partition coefficient (Wildman–Crippen LogP) is 2.94. The minimum atomic E-state index is -1.03. The van der Waals surface area contributed by atoms with Gasteiger partial charge in [-0.1, -0.05) is 42.3 Å². The van der Waals surface area contributed by atoms with Gasteiger partial charge in [0.2, 0.25) is 11.8 Å². The fraction of sp³-hybridized carbons (Fsp3) is 0.342. The molecule has 3 heterocycles. The number of carbonyl (C=O) groups is 4. The van der Waals surface area contributed by atoms with Crippen molar-refractivity contribution >= 4 is 52.1 Å². The normalized spacial score (nSPS) is 16.1. The van der Waals surface area contributed by atoms with Gasteiger partial charge in [0.05, 0.1) is 36.5 Å². The van der Waals surface area contributed by atoms with E-state index in [1.165, 1.54) is 17.4 Å². The Morgan fingerprint density at radius 3 is 2.57 bits per heavy atom. The van der Waals surface area contributed by atoms with E-state index < -0.39 is 23.6 Å². The number of aryl methyl sites for hydroxylation is 2. The summed E-state index contributed by atoms with van der Waals surface area (Å²) in [5.41, 5.74) is 3.52. The van der Waals surface area contributed by atoms with Crippen molar-refractivity contribution in [3.8, 4) is 11.8 Å². The highest BCUT2D eigenvalue weighted by molar-refractivity contribution is 7.81. The van der Waals surface area contributed by atoms with Crippen LogP contribution in [0.15, 0.2) is 77.1 Å². The van der Waals surface area contributed by atoms with E-state index >= 15 is 0 Å². The number of anilines is 2. The molecule has 1 atom stereocenters.